The molecule has 1 aromatic rings. The summed E-state index contributed by atoms with van der Waals surface area (Å²) in [5.74, 6) is -0.869. The van der Waals surface area contributed by atoms with Gasteiger partial charge in [0.15, 0.2) is 5.78 Å². The lowest BCUT2D eigenvalue weighted by Gasteiger charge is -2.16. The van der Waals surface area contributed by atoms with Gasteiger partial charge >= 0.3 is 5.97 Å². The number of carbonyl (C=O) groups is 3. The van der Waals surface area contributed by atoms with E-state index in [1.54, 1.807) is 0 Å². The summed E-state index contributed by atoms with van der Waals surface area (Å²) >= 11 is 0. The Morgan fingerprint density at radius 3 is 2.35 bits per heavy atom. The number of amides is 1. The number of methoxy groups -OCH3 is 1. The number of benzene rings is 1. The highest BCUT2D eigenvalue weighted by Gasteiger charge is 2.20. The minimum atomic E-state index is -0.612. The summed E-state index contributed by atoms with van der Waals surface area (Å²) in [4.78, 5) is 34.3. The van der Waals surface area contributed by atoms with Gasteiger partial charge in [-0.1, -0.05) is 30.3 Å². The van der Waals surface area contributed by atoms with Crippen molar-refractivity contribution in [2.75, 3.05) is 7.11 Å². The maximum atomic E-state index is 12.1. The van der Waals surface area contributed by atoms with E-state index in [2.05, 4.69) is 10.1 Å². The van der Waals surface area contributed by atoms with Gasteiger partial charge in [-0.25, -0.2) is 0 Å². The smallest absolute Gasteiger partial charge is 0.305 e. The zero-order chi connectivity index (χ0) is 15.0. The normalized spacial score (nSPS) is 11.5. The molecule has 0 saturated heterocycles. The van der Waals surface area contributed by atoms with Crippen molar-refractivity contribution in [2.45, 2.75) is 32.2 Å². The molecule has 1 aromatic carbocycles. The third-order valence-corrected chi connectivity index (χ3v) is 2.85. The van der Waals surface area contributed by atoms with Crippen molar-refractivity contribution >= 4 is 17.7 Å². The number of nitrogens with one attached hydrogen (secondary N) is 1. The minimum Gasteiger partial charge on any atom is -0.469 e. The number of ketones is 1. The fourth-order valence-electron chi connectivity index (χ4n) is 1.84. The first-order chi connectivity index (χ1) is 9.52. The Morgan fingerprint density at radius 2 is 1.80 bits per heavy atom. The van der Waals surface area contributed by atoms with Crippen LogP contribution >= 0.6 is 0 Å². The Balaban J connectivity index is 2.66. The molecule has 0 aliphatic carbocycles. The van der Waals surface area contributed by atoms with Crippen LogP contribution in [0.2, 0.25) is 0 Å². The lowest BCUT2D eigenvalue weighted by molar-refractivity contribution is -0.142. The van der Waals surface area contributed by atoms with Crippen molar-refractivity contribution in [3.05, 3.63) is 35.9 Å². The Hall–Kier alpha value is -2.17. The summed E-state index contributed by atoms with van der Waals surface area (Å²) in [7, 11) is 1.28. The molecule has 108 valence electrons. The molecule has 0 heterocycles. The number of esters is 1. The van der Waals surface area contributed by atoms with Gasteiger partial charge in [-0.05, 0) is 12.0 Å². The van der Waals surface area contributed by atoms with Crippen molar-refractivity contribution in [3.63, 3.8) is 0 Å². The van der Waals surface area contributed by atoms with Crippen molar-refractivity contribution in [1.82, 2.24) is 5.32 Å². The van der Waals surface area contributed by atoms with Crippen LogP contribution in [0.5, 0.6) is 0 Å². The largest absolute Gasteiger partial charge is 0.469 e. The molecular weight excluding hydrogens is 258 g/mol. The molecule has 0 radical (unpaired) electrons. The molecule has 1 unspecified atom stereocenters. The molecule has 1 amide bonds. The summed E-state index contributed by atoms with van der Waals surface area (Å²) in [5, 5.41) is 2.63. The number of Topliss-reactive ketones (excluding diaryl/α,β-unsaturated/α-hetero) is 1. The van der Waals surface area contributed by atoms with Crippen molar-refractivity contribution in [1.29, 1.82) is 0 Å². The predicted molar refractivity (Wildman–Crippen MR) is 74.0 cm³/mol. The molecule has 0 aliphatic heterocycles. The van der Waals surface area contributed by atoms with E-state index >= 15 is 0 Å². The van der Waals surface area contributed by atoms with E-state index in [0.717, 1.165) is 5.56 Å². The molecule has 1 rings (SSSR count). The Morgan fingerprint density at radius 1 is 1.15 bits per heavy atom. The monoisotopic (exact) mass is 277 g/mol. The number of ether oxygens (including phenoxy) is 1. The third kappa shape index (κ3) is 5.65. The van der Waals surface area contributed by atoms with Gasteiger partial charge in [0.1, 0.15) is 0 Å². The minimum absolute atomic E-state index is 0.0280. The van der Waals surface area contributed by atoms with Gasteiger partial charge in [0.2, 0.25) is 5.91 Å². The van der Waals surface area contributed by atoms with Crippen LogP contribution in [0.3, 0.4) is 0 Å². The van der Waals surface area contributed by atoms with Gasteiger partial charge < -0.3 is 10.1 Å². The number of hydrogen-bond donors (Lipinski definition) is 1. The molecule has 0 fully saturated rings. The third-order valence-electron chi connectivity index (χ3n) is 2.85. The summed E-state index contributed by atoms with van der Waals surface area (Å²) < 4.78 is 4.50. The molecular formula is C15H19NO4. The van der Waals surface area contributed by atoms with Crippen LogP contribution in [0.25, 0.3) is 0 Å². The fraction of sp³-hybridized carbons (Fsp3) is 0.400. The number of hydrogen-bond acceptors (Lipinski definition) is 4. The summed E-state index contributed by atoms with van der Waals surface area (Å²) in [5.41, 5.74) is 0.956. The first kappa shape index (κ1) is 15.9. The van der Waals surface area contributed by atoms with Gasteiger partial charge in [0.25, 0.3) is 0 Å². The highest BCUT2D eigenvalue weighted by Crippen LogP contribution is 2.07. The van der Waals surface area contributed by atoms with E-state index in [1.807, 2.05) is 30.3 Å². The molecule has 0 saturated carbocycles. The zero-order valence-electron chi connectivity index (χ0n) is 11.7. The van der Waals surface area contributed by atoms with Gasteiger partial charge in [-0.15, -0.1) is 0 Å². The van der Waals surface area contributed by atoms with Gasteiger partial charge in [-0.2, -0.15) is 0 Å². The van der Waals surface area contributed by atoms with Crippen molar-refractivity contribution < 1.29 is 19.1 Å². The SMILES string of the molecule is COC(=O)CCC(=O)C(Cc1ccccc1)NC(C)=O. The maximum absolute atomic E-state index is 12.1. The van der Waals surface area contributed by atoms with Gasteiger partial charge in [0.05, 0.1) is 19.6 Å². The number of carbonyl (C=O) groups excluding carboxylic acids is 3. The van der Waals surface area contributed by atoms with Crippen molar-refractivity contribution in [3.8, 4) is 0 Å². The number of rotatable bonds is 7. The molecule has 1 N–H and O–H groups in total. The van der Waals surface area contributed by atoms with E-state index < -0.39 is 12.0 Å². The average Bonchev–Trinajstić information content (AvgIpc) is 2.44. The van der Waals surface area contributed by atoms with Crippen LogP contribution in [0.15, 0.2) is 30.3 Å². The van der Waals surface area contributed by atoms with Crippen LogP contribution < -0.4 is 5.32 Å². The molecule has 5 nitrogen and oxygen atoms in total. The first-order valence-corrected chi connectivity index (χ1v) is 6.43. The molecule has 0 aromatic heterocycles. The molecule has 20 heavy (non-hydrogen) atoms. The second-order valence-corrected chi connectivity index (χ2v) is 4.49. The highest BCUT2D eigenvalue weighted by molar-refractivity contribution is 5.90. The van der Waals surface area contributed by atoms with Crippen molar-refractivity contribution in [2.24, 2.45) is 0 Å². The second-order valence-electron chi connectivity index (χ2n) is 4.49. The van der Waals surface area contributed by atoms with Gasteiger partial charge in [0, 0.05) is 13.3 Å². The van der Waals surface area contributed by atoms with Crippen LogP contribution in [-0.2, 0) is 25.5 Å². The topological polar surface area (TPSA) is 72.5 Å². The Kier molecular flexibility index (Phi) is 6.43. The fourth-order valence-corrected chi connectivity index (χ4v) is 1.84. The summed E-state index contributed by atoms with van der Waals surface area (Å²) in [6, 6.07) is 8.80. The lowest BCUT2D eigenvalue weighted by atomic mass is 9.99. The quantitative estimate of drug-likeness (QED) is 0.761. The lowest BCUT2D eigenvalue weighted by Crippen LogP contribution is -2.41. The molecule has 0 spiro atoms. The molecule has 5 heteroatoms. The molecule has 0 bridgehead atoms. The standard InChI is InChI=1S/C15H19NO4/c1-11(17)16-13(10-12-6-4-3-5-7-12)14(18)8-9-15(19)20-2/h3-7,13H,8-10H2,1-2H3,(H,16,17). The summed E-state index contributed by atoms with van der Waals surface area (Å²) in [6.07, 6.45) is 0.505. The molecule has 0 aliphatic rings. The molecule has 1 atom stereocenters. The second kappa shape index (κ2) is 8.09. The van der Waals surface area contributed by atoms with E-state index in [4.69, 9.17) is 0 Å². The van der Waals surface area contributed by atoms with Crippen LogP contribution in [-0.4, -0.2) is 30.8 Å². The van der Waals surface area contributed by atoms with Crippen LogP contribution in [0.1, 0.15) is 25.3 Å². The zero-order valence-corrected chi connectivity index (χ0v) is 11.7. The van der Waals surface area contributed by atoms with Crippen LogP contribution in [0, 0.1) is 0 Å². The average molecular weight is 277 g/mol. The van der Waals surface area contributed by atoms with E-state index in [-0.39, 0.29) is 24.5 Å². The first-order valence-electron chi connectivity index (χ1n) is 6.43. The van der Waals surface area contributed by atoms with Crippen LogP contribution in [0.4, 0.5) is 0 Å². The van der Waals surface area contributed by atoms with E-state index in [9.17, 15) is 14.4 Å². The Bertz CT molecular complexity index is 470. The highest BCUT2D eigenvalue weighted by atomic mass is 16.5. The van der Waals surface area contributed by atoms with E-state index in [1.165, 1.54) is 14.0 Å². The summed E-state index contributed by atoms with van der Waals surface area (Å²) in [6.45, 7) is 1.37. The maximum Gasteiger partial charge on any atom is 0.305 e. The van der Waals surface area contributed by atoms with Gasteiger partial charge in [-0.3, -0.25) is 14.4 Å². The predicted octanol–water partition coefficient (Wildman–Crippen LogP) is 1.26. The van der Waals surface area contributed by atoms with E-state index in [0.29, 0.717) is 6.42 Å². The Labute approximate surface area is 118 Å².